The fourth-order valence-electron chi connectivity index (χ4n) is 3.94. The number of aromatic nitrogens is 1. The Morgan fingerprint density at radius 1 is 0.960 bits per heavy atom. The van der Waals surface area contributed by atoms with E-state index >= 15 is 0 Å². The molecule has 0 saturated carbocycles. The molecule has 3 nitrogen and oxygen atoms in total. The Hall–Kier alpha value is -2.55. The second kappa shape index (κ2) is 6.75. The van der Waals surface area contributed by atoms with Crippen molar-refractivity contribution in [2.75, 3.05) is 11.4 Å². The maximum atomic E-state index is 12.0. The third-order valence-corrected chi connectivity index (χ3v) is 5.37. The predicted molar refractivity (Wildman–Crippen MR) is 105 cm³/mol. The molecule has 0 amide bonds. The Balaban J connectivity index is 1.71. The summed E-state index contributed by atoms with van der Waals surface area (Å²) in [7, 11) is 0. The molecule has 1 aliphatic heterocycles. The van der Waals surface area contributed by atoms with Gasteiger partial charge in [-0.3, -0.25) is 4.79 Å². The predicted octanol–water partition coefficient (Wildman–Crippen LogP) is 4.96. The molecule has 1 N–H and O–H groups in total. The van der Waals surface area contributed by atoms with Crippen LogP contribution < -0.4 is 10.5 Å². The van der Waals surface area contributed by atoms with Crippen LogP contribution in [0.1, 0.15) is 32.6 Å². The molecule has 1 saturated heterocycles. The number of anilines is 1. The largest absolute Gasteiger partial charge is 0.369 e. The number of pyridine rings is 1. The summed E-state index contributed by atoms with van der Waals surface area (Å²) in [5.74, 6) is 0. The topological polar surface area (TPSA) is 36.1 Å². The molecule has 0 spiro atoms. The van der Waals surface area contributed by atoms with Crippen molar-refractivity contribution in [1.82, 2.24) is 4.98 Å². The van der Waals surface area contributed by atoms with Crippen molar-refractivity contribution >= 4 is 16.5 Å². The van der Waals surface area contributed by atoms with Crippen LogP contribution in [-0.4, -0.2) is 17.6 Å². The van der Waals surface area contributed by atoms with Gasteiger partial charge < -0.3 is 9.88 Å². The molecule has 0 radical (unpaired) electrons. The van der Waals surface area contributed by atoms with Crippen LogP contribution in [0.15, 0.2) is 59.5 Å². The minimum absolute atomic E-state index is 0.0330. The van der Waals surface area contributed by atoms with Crippen molar-refractivity contribution in [1.29, 1.82) is 0 Å². The second-order valence-corrected chi connectivity index (χ2v) is 7.02. The first kappa shape index (κ1) is 15.9. The summed E-state index contributed by atoms with van der Waals surface area (Å²) in [5.41, 5.74) is 3.48. The van der Waals surface area contributed by atoms with Crippen LogP contribution in [0.3, 0.4) is 0 Å². The lowest BCUT2D eigenvalue weighted by Crippen LogP contribution is -2.32. The molecule has 1 aliphatic rings. The van der Waals surface area contributed by atoms with E-state index in [0.717, 1.165) is 28.4 Å². The normalized spacial score (nSPS) is 18.3. The van der Waals surface area contributed by atoms with E-state index in [1.165, 1.54) is 31.4 Å². The molecule has 1 atom stereocenters. The van der Waals surface area contributed by atoms with Gasteiger partial charge in [-0.1, -0.05) is 43.2 Å². The van der Waals surface area contributed by atoms with Crippen LogP contribution >= 0.6 is 0 Å². The molecular formula is C22H24N2O. The Labute approximate surface area is 148 Å². The number of rotatable bonds is 2. The minimum Gasteiger partial charge on any atom is -0.369 e. The Kier molecular flexibility index (Phi) is 4.31. The van der Waals surface area contributed by atoms with Gasteiger partial charge in [0.2, 0.25) is 0 Å². The number of hydrogen-bond acceptors (Lipinski definition) is 2. The maximum absolute atomic E-state index is 12.0. The first-order chi connectivity index (χ1) is 12.2. The van der Waals surface area contributed by atoms with Crippen molar-refractivity contribution in [3.8, 4) is 11.1 Å². The quantitative estimate of drug-likeness (QED) is 0.719. The number of benzene rings is 2. The molecule has 0 aliphatic carbocycles. The highest BCUT2D eigenvalue weighted by atomic mass is 16.1. The van der Waals surface area contributed by atoms with Gasteiger partial charge >= 0.3 is 0 Å². The van der Waals surface area contributed by atoms with Crippen molar-refractivity contribution < 1.29 is 0 Å². The van der Waals surface area contributed by atoms with E-state index in [4.69, 9.17) is 0 Å². The van der Waals surface area contributed by atoms with E-state index in [2.05, 4.69) is 41.1 Å². The number of nitrogens with zero attached hydrogens (tertiary/aromatic N) is 1. The number of hydrogen-bond donors (Lipinski definition) is 1. The van der Waals surface area contributed by atoms with Crippen LogP contribution in [0.2, 0.25) is 0 Å². The molecule has 128 valence electrons. The molecule has 25 heavy (non-hydrogen) atoms. The highest BCUT2D eigenvalue weighted by Crippen LogP contribution is 2.30. The molecule has 2 aromatic carbocycles. The fraction of sp³-hybridized carbons (Fsp3) is 0.318. The lowest BCUT2D eigenvalue weighted by Gasteiger charge is -2.29. The molecule has 3 heteroatoms. The van der Waals surface area contributed by atoms with E-state index in [1.54, 1.807) is 0 Å². The van der Waals surface area contributed by atoms with Gasteiger partial charge in [0.1, 0.15) is 0 Å². The van der Waals surface area contributed by atoms with Crippen LogP contribution in [0.4, 0.5) is 5.69 Å². The Bertz CT molecular complexity index is 927. The first-order valence-corrected chi connectivity index (χ1v) is 9.21. The van der Waals surface area contributed by atoms with Gasteiger partial charge in [0.25, 0.3) is 5.56 Å². The average Bonchev–Trinajstić information content (AvgIpc) is 2.87. The van der Waals surface area contributed by atoms with Crippen LogP contribution in [0.5, 0.6) is 0 Å². The number of nitrogens with one attached hydrogen (secondary N) is 1. The van der Waals surface area contributed by atoms with Gasteiger partial charge in [0.05, 0.1) is 0 Å². The molecule has 1 aromatic heterocycles. The minimum atomic E-state index is -0.0330. The summed E-state index contributed by atoms with van der Waals surface area (Å²) in [4.78, 5) is 17.4. The highest BCUT2D eigenvalue weighted by Gasteiger charge is 2.17. The third-order valence-electron chi connectivity index (χ3n) is 5.37. The zero-order valence-electron chi connectivity index (χ0n) is 14.7. The van der Waals surface area contributed by atoms with Crippen LogP contribution in [-0.2, 0) is 0 Å². The SMILES string of the molecule is CC1CCCCCN1c1ccc(-c2c[nH]c(=O)c3ccccc23)cc1. The summed E-state index contributed by atoms with van der Waals surface area (Å²) < 4.78 is 0. The zero-order chi connectivity index (χ0) is 17.2. The number of H-pyrrole nitrogens is 1. The third kappa shape index (κ3) is 3.07. The molecule has 4 rings (SSSR count). The molecule has 1 unspecified atom stereocenters. The standard InChI is InChI=1S/C22H24N2O/c1-16-7-3-2-6-14-24(16)18-12-10-17(11-13-18)21-15-23-22(25)20-9-5-4-8-19(20)21/h4-5,8-13,15-16H,2-3,6-7,14H2,1H3,(H,23,25). The lowest BCUT2D eigenvalue weighted by molar-refractivity contribution is 0.616. The summed E-state index contributed by atoms with van der Waals surface area (Å²) in [6.45, 7) is 3.47. The molecular weight excluding hydrogens is 308 g/mol. The van der Waals surface area contributed by atoms with Gasteiger partial charge in [-0.2, -0.15) is 0 Å². The lowest BCUT2D eigenvalue weighted by atomic mass is 10.0. The van der Waals surface area contributed by atoms with Crippen molar-refractivity contribution in [2.45, 2.75) is 38.6 Å². The zero-order valence-corrected chi connectivity index (χ0v) is 14.7. The van der Waals surface area contributed by atoms with Gasteiger partial charge in [0, 0.05) is 35.4 Å². The first-order valence-electron chi connectivity index (χ1n) is 9.21. The molecule has 2 heterocycles. The summed E-state index contributed by atoms with van der Waals surface area (Å²) in [5, 5.41) is 1.74. The van der Waals surface area contributed by atoms with E-state index in [9.17, 15) is 4.79 Å². The summed E-state index contributed by atoms with van der Waals surface area (Å²) >= 11 is 0. The highest BCUT2D eigenvalue weighted by molar-refractivity contribution is 5.95. The van der Waals surface area contributed by atoms with Crippen molar-refractivity contribution in [3.05, 3.63) is 65.1 Å². The summed E-state index contributed by atoms with van der Waals surface area (Å²) in [6.07, 6.45) is 7.04. The smallest absolute Gasteiger partial charge is 0.255 e. The van der Waals surface area contributed by atoms with E-state index < -0.39 is 0 Å². The van der Waals surface area contributed by atoms with Crippen molar-refractivity contribution in [3.63, 3.8) is 0 Å². The molecule has 1 fully saturated rings. The van der Waals surface area contributed by atoms with Gasteiger partial charge in [-0.15, -0.1) is 0 Å². The fourth-order valence-corrected chi connectivity index (χ4v) is 3.94. The molecule has 0 bridgehead atoms. The Morgan fingerprint density at radius 3 is 2.52 bits per heavy atom. The molecule has 3 aromatic rings. The number of fused-ring (bicyclic) bond motifs is 1. The number of aromatic amines is 1. The van der Waals surface area contributed by atoms with Crippen LogP contribution in [0, 0.1) is 0 Å². The van der Waals surface area contributed by atoms with Gasteiger partial charge in [0.15, 0.2) is 0 Å². The van der Waals surface area contributed by atoms with E-state index in [-0.39, 0.29) is 5.56 Å². The monoisotopic (exact) mass is 332 g/mol. The second-order valence-electron chi connectivity index (χ2n) is 7.02. The van der Waals surface area contributed by atoms with E-state index in [1.807, 2.05) is 30.5 Å². The average molecular weight is 332 g/mol. The van der Waals surface area contributed by atoms with Gasteiger partial charge in [-0.05, 0) is 48.9 Å². The Morgan fingerprint density at radius 2 is 1.72 bits per heavy atom. The van der Waals surface area contributed by atoms with Crippen LogP contribution in [0.25, 0.3) is 21.9 Å². The maximum Gasteiger partial charge on any atom is 0.255 e. The van der Waals surface area contributed by atoms with E-state index in [0.29, 0.717) is 6.04 Å². The van der Waals surface area contributed by atoms with Crippen molar-refractivity contribution in [2.24, 2.45) is 0 Å². The van der Waals surface area contributed by atoms with Gasteiger partial charge in [-0.25, -0.2) is 0 Å². The summed E-state index contributed by atoms with van der Waals surface area (Å²) in [6, 6.07) is 17.2.